The van der Waals surface area contributed by atoms with Crippen LogP contribution >= 0.6 is 0 Å². The van der Waals surface area contributed by atoms with E-state index in [0.29, 0.717) is 24.7 Å². The second-order valence-electron chi connectivity index (χ2n) is 5.96. The Hall–Kier alpha value is -0.960. The van der Waals surface area contributed by atoms with Crippen molar-refractivity contribution >= 4 is 0 Å². The summed E-state index contributed by atoms with van der Waals surface area (Å²) in [5.41, 5.74) is -0.957. The van der Waals surface area contributed by atoms with Crippen molar-refractivity contribution in [1.29, 1.82) is 0 Å². The first kappa shape index (κ1) is 13.5. The van der Waals surface area contributed by atoms with E-state index >= 15 is 0 Å². The maximum atomic E-state index is 13.6. The first-order chi connectivity index (χ1) is 8.39. The normalized spacial score (nSPS) is 32.5. The van der Waals surface area contributed by atoms with Crippen molar-refractivity contribution in [3.8, 4) is 0 Å². The lowest BCUT2D eigenvalue weighted by Gasteiger charge is -2.39. The van der Waals surface area contributed by atoms with Gasteiger partial charge in [-0.15, -0.1) is 0 Å². The number of rotatable bonds is 2. The van der Waals surface area contributed by atoms with Gasteiger partial charge in [-0.25, -0.2) is 8.78 Å². The van der Waals surface area contributed by atoms with Crippen LogP contribution in [0.2, 0.25) is 0 Å². The van der Waals surface area contributed by atoms with Gasteiger partial charge in [-0.1, -0.05) is 19.9 Å². The third-order valence-corrected chi connectivity index (χ3v) is 3.83. The lowest BCUT2D eigenvalue weighted by atomic mass is 9.71. The maximum absolute atomic E-state index is 13.6. The SMILES string of the molecule is CC1CC(C)CC(O)(Cc2c(F)cccc2F)C1. The Labute approximate surface area is 107 Å². The highest BCUT2D eigenvalue weighted by Gasteiger charge is 2.37. The van der Waals surface area contributed by atoms with Gasteiger partial charge in [0.15, 0.2) is 0 Å². The molecular formula is C15H20F2O. The molecule has 0 amide bonds. The first-order valence-electron chi connectivity index (χ1n) is 6.55. The molecule has 1 nitrogen and oxygen atoms in total. The van der Waals surface area contributed by atoms with Gasteiger partial charge in [-0.3, -0.25) is 0 Å². The van der Waals surface area contributed by atoms with E-state index in [0.717, 1.165) is 6.42 Å². The van der Waals surface area contributed by atoms with Crippen LogP contribution < -0.4 is 0 Å². The van der Waals surface area contributed by atoms with E-state index in [1.165, 1.54) is 18.2 Å². The standard InChI is InChI=1S/C15H20F2O/c1-10-6-11(2)8-15(18,7-10)9-12-13(16)4-3-5-14(12)17/h3-5,10-11,18H,6-9H2,1-2H3. The van der Waals surface area contributed by atoms with Crippen LogP contribution in [0.3, 0.4) is 0 Å². The molecule has 2 rings (SSSR count). The van der Waals surface area contributed by atoms with Gasteiger partial charge in [0.1, 0.15) is 11.6 Å². The molecule has 2 atom stereocenters. The molecule has 1 aliphatic carbocycles. The molecule has 0 aliphatic heterocycles. The van der Waals surface area contributed by atoms with Crippen molar-refractivity contribution in [1.82, 2.24) is 0 Å². The van der Waals surface area contributed by atoms with Gasteiger partial charge in [-0.05, 0) is 43.2 Å². The fourth-order valence-electron chi connectivity index (χ4n) is 3.41. The smallest absolute Gasteiger partial charge is 0.129 e. The predicted molar refractivity (Wildman–Crippen MR) is 67.2 cm³/mol. The number of aliphatic hydroxyl groups is 1. The van der Waals surface area contributed by atoms with E-state index in [2.05, 4.69) is 13.8 Å². The summed E-state index contributed by atoms with van der Waals surface area (Å²) < 4.78 is 27.2. The number of benzene rings is 1. The molecule has 18 heavy (non-hydrogen) atoms. The first-order valence-corrected chi connectivity index (χ1v) is 6.55. The number of hydrogen-bond acceptors (Lipinski definition) is 1. The van der Waals surface area contributed by atoms with E-state index < -0.39 is 17.2 Å². The highest BCUT2D eigenvalue weighted by atomic mass is 19.1. The van der Waals surface area contributed by atoms with Crippen LogP contribution in [0, 0.1) is 23.5 Å². The summed E-state index contributed by atoms with van der Waals surface area (Å²) >= 11 is 0. The summed E-state index contributed by atoms with van der Waals surface area (Å²) in [7, 11) is 0. The van der Waals surface area contributed by atoms with E-state index in [-0.39, 0.29) is 12.0 Å². The Morgan fingerprint density at radius 3 is 2.17 bits per heavy atom. The third-order valence-electron chi connectivity index (χ3n) is 3.83. The second-order valence-corrected chi connectivity index (χ2v) is 5.96. The lowest BCUT2D eigenvalue weighted by molar-refractivity contribution is -0.0316. The minimum absolute atomic E-state index is 0.0151. The Kier molecular flexibility index (Phi) is 3.71. The Morgan fingerprint density at radius 2 is 1.67 bits per heavy atom. The summed E-state index contributed by atoms with van der Waals surface area (Å²) in [6.07, 6.45) is 2.37. The van der Waals surface area contributed by atoms with Gasteiger partial charge in [0.2, 0.25) is 0 Å². The molecule has 100 valence electrons. The molecule has 1 aromatic carbocycles. The second kappa shape index (κ2) is 4.96. The quantitative estimate of drug-likeness (QED) is 0.853. The fraction of sp³-hybridized carbons (Fsp3) is 0.600. The van der Waals surface area contributed by atoms with Gasteiger partial charge in [0, 0.05) is 12.0 Å². The number of hydrogen-bond donors (Lipinski definition) is 1. The van der Waals surface area contributed by atoms with Gasteiger partial charge in [0.25, 0.3) is 0 Å². The Balaban J connectivity index is 2.22. The molecule has 0 aromatic heterocycles. The van der Waals surface area contributed by atoms with Crippen LogP contribution in [0.4, 0.5) is 8.78 Å². The van der Waals surface area contributed by atoms with Crippen LogP contribution in [0.5, 0.6) is 0 Å². The van der Waals surface area contributed by atoms with Crippen molar-refractivity contribution < 1.29 is 13.9 Å². The summed E-state index contributed by atoms with van der Waals surface area (Å²) in [6, 6.07) is 3.85. The maximum Gasteiger partial charge on any atom is 0.129 e. The topological polar surface area (TPSA) is 20.2 Å². The summed E-state index contributed by atoms with van der Waals surface area (Å²) in [4.78, 5) is 0. The molecule has 0 spiro atoms. The monoisotopic (exact) mass is 254 g/mol. The zero-order valence-electron chi connectivity index (χ0n) is 10.9. The number of halogens is 2. The predicted octanol–water partition coefficient (Wildman–Crippen LogP) is 3.69. The average molecular weight is 254 g/mol. The van der Waals surface area contributed by atoms with Gasteiger partial charge >= 0.3 is 0 Å². The van der Waals surface area contributed by atoms with Gasteiger partial charge in [-0.2, -0.15) is 0 Å². The molecule has 1 aromatic rings. The zero-order chi connectivity index (χ0) is 13.3. The minimum Gasteiger partial charge on any atom is -0.390 e. The van der Waals surface area contributed by atoms with E-state index in [1.807, 2.05) is 0 Å². The molecule has 3 heteroatoms. The average Bonchev–Trinajstić information content (AvgIpc) is 2.21. The summed E-state index contributed by atoms with van der Waals surface area (Å²) in [6.45, 7) is 4.16. The molecule has 0 radical (unpaired) electrons. The minimum atomic E-state index is -0.972. The van der Waals surface area contributed by atoms with Crippen LogP contribution in [-0.4, -0.2) is 10.7 Å². The van der Waals surface area contributed by atoms with E-state index in [1.54, 1.807) is 0 Å². The molecule has 0 bridgehead atoms. The van der Waals surface area contributed by atoms with Gasteiger partial charge in [0.05, 0.1) is 5.60 Å². The van der Waals surface area contributed by atoms with Crippen LogP contribution in [0.15, 0.2) is 18.2 Å². The molecule has 1 saturated carbocycles. The molecule has 2 unspecified atom stereocenters. The highest BCUT2D eigenvalue weighted by molar-refractivity contribution is 5.22. The zero-order valence-corrected chi connectivity index (χ0v) is 10.9. The molecule has 1 N–H and O–H groups in total. The Morgan fingerprint density at radius 1 is 1.17 bits per heavy atom. The van der Waals surface area contributed by atoms with E-state index in [9.17, 15) is 13.9 Å². The van der Waals surface area contributed by atoms with Crippen LogP contribution in [-0.2, 0) is 6.42 Å². The molecular weight excluding hydrogens is 234 g/mol. The van der Waals surface area contributed by atoms with Crippen molar-refractivity contribution in [3.05, 3.63) is 35.4 Å². The third kappa shape index (κ3) is 2.89. The summed E-state index contributed by atoms with van der Waals surface area (Å²) in [5.74, 6) is -0.328. The van der Waals surface area contributed by atoms with Crippen molar-refractivity contribution in [2.24, 2.45) is 11.8 Å². The molecule has 0 heterocycles. The fourth-order valence-corrected chi connectivity index (χ4v) is 3.41. The van der Waals surface area contributed by atoms with Crippen LogP contribution in [0.1, 0.15) is 38.7 Å². The van der Waals surface area contributed by atoms with Crippen LogP contribution in [0.25, 0.3) is 0 Å². The molecule has 1 aliphatic rings. The van der Waals surface area contributed by atoms with Crippen molar-refractivity contribution in [2.45, 2.75) is 45.1 Å². The van der Waals surface area contributed by atoms with Crippen molar-refractivity contribution in [2.75, 3.05) is 0 Å². The molecule has 0 saturated heterocycles. The lowest BCUT2D eigenvalue weighted by Crippen LogP contribution is -2.40. The summed E-state index contributed by atoms with van der Waals surface area (Å²) in [5, 5.41) is 10.6. The van der Waals surface area contributed by atoms with Crippen molar-refractivity contribution in [3.63, 3.8) is 0 Å². The Bertz CT molecular complexity index is 400. The largest absolute Gasteiger partial charge is 0.390 e. The molecule has 1 fully saturated rings. The van der Waals surface area contributed by atoms with Gasteiger partial charge < -0.3 is 5.11 Å². The highest BCUT2D eigenvalue weighted by Crippen LogP contribution is 2.38. The van der Waals surface area contributed by atoms with E-state index in [4.69, 9.17) is 0 Å².